The van der Waals surface area contributed by atoms with Gasteiger partial charge in [0.1, 0.15) is 6.04 Å². The number of carboxylic acids is 1. The molecule has 178 valence electrons. The Morgan fingerprint density at radius 2 is 1.82 bits per heavy atom. The van der Waals surface area contributed by atoms with Gasteiger partial charge in [0, 0.05) is 25.0 Å². The van der Waals surface area contributed by atoms with Crippen LogP contribution in [0.25, 0.3) is 11.1 Å². The summed E-state index contributed by atoms with van der Waals surface area (Å²) in [6, 6.07) is 7.73. The number of halogens is 3. The molecule has 0 unspecified atom stereocenters. The monoisotopic (exact) mass is 474 g/mol. The fraction of sp³-hybridized carbons (Fsp3) is 0.304. The van der Waals surface area contributed by atoms with Gasteiger partial charge in [-0.15, -0.1) is 0 Å². The molecule has 1 fully saturated rings. The Bertz CT molecular complexity index is 1180. The molecule has 2 aromatic carbocycles. The van der Waals surface area contributed by atoms with Crippen molar-refractivity contribution in [2.45, 2.75) is 37.5 Å². The van der Waals surface area contributed by atoms with E-state index < -0.39 is 53.9 Å². The first kappa shape index (κ1) is 23.3. The number of carbonyl (C=O) groups is 4. The number of amides is 3. The third-order valence-corrected chi connectivity index (χ3v) is 5.82. The van der Waals surface area contributed by atoms with E-state index in [1.165, 1.54) is 35.2 Å². The van der Waals surface area contributed by atoms with Crippen molar-refractivity contribution in [2.75, 3.05) is 11.9 Å². The van der Waals surface area contributed by atoms with Crippen LogP contribution in [0.3, 0.4) is 0 Å². The number of nitrogens with zero attached hydrogens (tertiary/aromatic N) is 1. The highest BCUT2D eigenvalue weighted by Gasteiger charge is 2.43. The molecule has 0 radical (unpaired) electrons. The average Bonchev–Trinajstić information content (AvgIpc) is 3.17. The van der Waals surface area contributed by atoms with E-state index in [2.05, 4.69) is 10.6 Å². The van der Waals surface area contributed by atoms with E-state index in [1.54, 1.807) is 0 Å². The van der Waals surface area contributed by atoms with Crippen LogP contribution in [0.15, 0.2) is 42.5 Å². The maximum Gasteiger partial charge on any atom is 0.416 e. The summed E-state index contributed by atoms with van der Waals surface area (Å²) in [6.07, 6.45) is -5.11. The number of hydrogen-bond acceptors (Lipinski definition) is 5. The lowest BCUT2D eigenvalue weighted by Gasteiger charge is -2.20. The largest absolute Gasteiger partial charge is 0.550 e. The van der Waals surface area contributed by atoms with Crippen LogP contribution in [-0.4, -0.2) is 47.2 Å². The molecule has 8 nitrogen and oxygen atoms in total. The summed E-state index contributed by atoms with van der Waals surface area (Å²) in [5, 5.41) is 15.8. The van der Waals surface area contributed by atoms with Crippen molar-refractivity contribution < 1.29 is 37.5 Å². The van der Waals surface area contributed by atoms with Crippen molar-refractivity contribution in [3.8, 4) is 11.1 Å². The molecule has 2 aliphatic heterocycles. The van der Waals surface area contributed by atoms with Crippen LogP contribution >= 0.6 is 0 Å². The molecule has 4 rings (SSSR count). The van der Waals surface area contributed by atoms with E-state index in [1.807, 2.05) is 0 Å². The number of aliphatic carboxylic acids is 1. The summed E-state index contributed by atoms with van der Waals surface area (Å²) < 4.78 is 39.3. The van der Waals surface area contributed by atoms with E-state index >= 15 is 0 Å². The average molecular weight is 474 g/mol. The SMILES string of the molecule is O=C([O-])CCC(=O)N[C@H]1C[C@H]2C(=O)Nc3ccc(-c4cccc(C(F)(F)F)c4)cc3C(=O)N2C1. The van der Waals surface area contributed by atoms with Gasteiger partial charge < -0.3 is 25.4 Å². The summed E-state index contributed by atoms with van der Waals surface area (Å²) in [7, 11) is 0. The van der Waals surface area contributed by atoms with E-state index in [9.17, 15) is 37.5 Å². The van der Waals surface area contributed by atoms with Gasteiger partial charge in [-0.2, -0.15) is 13.2 Å². The fourth-order valence-corrected chi connectivity index (χ4v) is 4.18. The molecule has 0 spiro atoms. The molecule has 2 N–H and O–H groups in total. The molecule has 0 aliphatic carbocycles. The summed E-state index contributed by atoms with van der Waals surface area (Å²) in [5.74, 6) is -2.85. The molecule has 1 saturated heterocycles. The quantitative estimate of drug-likeness (QED) is 0.682. The zero-order valence-corrected chi connectivity index (χ0v) is 17.6. The second-order valence-electron chi connectivity index (χ2n) is 8.17. The lowest BCUT2D eigenvalue weighted by Crippen LogP contribution is -2.41. The first-order chi connectivity index (χ1) is 16.0. The molecule has 2 aliphatic rings. The van der Waals surface area contributed by atoms with Gasteiger partial charge in [0.25, 0.3) is 5.91 Å². The van der Waals surface area contributed by atoms with Crippen molar-refractivity contribution in [1.82, 2.24) is 10.2 Å². The molecular formula is C23H19F3N3O5-. The molecule has 0 bridgehead atoms. The molecule has 34 heavy (non-hydrogen) atoms. The number of benzene rings is 2. The Kier molecular flexibility index (Phi) is 6.03. The van der Waals surface area contributed by atoms with Crippen LogP contribution in [0.5, 0.6) is 0 Å². The van der Waals surface area contributed by atoms with Crippen LogP contribution < -0.4 is 15.7 Å². The van der Waals surface area contributed by atoms with Gasteiger partial charge in [-0.1, -0.05) is 18.2 Å². The summed E-state index contributed by atoms with van der Waals surface area (Å²) in [5.41, 5.74) is 0.176. The van der Waals surface area contributed by atoms with Gasteiger partial charge in [0.15, 0.2) is 0 Å². The highest BCUT2D eigenvalue weighted by Crippen LogP contribution is 2.35. The zero-order valence-electron chi connectivity index (χ0n) is 17.6. The molecular weight excluding hydrogens is 455 g/mol. The Hall–Kier alpha value is -3.89. The molecule has 2 aromatic rings. The normalized spacial score (nSPS) is 19.7. The molecule has 2 atom stereocenters. The molecule has 0 aromatic heterocycles. The molecule has 2 heterocycles. The highest BCUT2D eigenvalue weighted by atomic mass is 19.4. The minimum Gasteiger partial charge on any atom is -0.550 e. The number of carboxylic acid groups (broad SMARTS) is 1. The maximum absolute atomic E-state index is 13.3. The van der Waals surface area contributed by atoms with Crippen LogP contribution in [0, 0.1) is 0 Å². The first-order valence-corrected chi connectivity index (χ1v) is 10.5. The van der Waals surface area contributed by atoms with Gasteiger partial charge in [-0.25, -0.2) is 0 Å². The Morgan fingerprint density at radius 3 is 2.53 bits per heavy atom. The van der Waals surface area contributed by atoms with Crippen LogP contribution in [-0.2, 0) is 20.6 Å². The topological polar surface area (TPSA) is 119 Å². The number of nitrogens with one attached hydrogen (secondary N) is 2. The minimum atomic E-state index is -4.52. The second-order valence-corrected chi connectivity index (χ2v) is 8.17. The lowest BCUT2D eigenvalue weighted by molar-refractivity contribution is -0.305. The van der Waals surface area contributed by atoms with Crippen molar-refractivity contribution in [1.29, 1.82) is 0 Å². The van der Waals surface area contributed by atoms with E-state index in [0.29, 0.717) is 5.56 Å². The van der Waals surface area contributed by atoms with Crippen molar-refractivity contribution >= 4 is 29.4 Å². The Balaban J connectivity index is 1.58. The number of rotatable bonds is 5. The van der Waals surface area contributed by atoms with Gasteiger partial charge in [-0.3, -0.25) is 14.4 Å². The first-order valence-electron chi connectivity index (χ1n) is 10.5. The second kappa shape index (κ2) is 8.81. The van der Waals surface area contributed by atoms with E-state index in [4.69, 9.17) is 0 Å². The lowest BCUT2D eigenvalue weighted by atomic mass is 9.99. The Morgan fingerprint density at radius 1 is 1.09 bits per heavy atom. The van der Waals surface area contributed by atoms with Crippen LogP contribution in [0.1, 0.15) is 35.2 Å². The predicted octanol–water partition coefficient (Wildman–Crippen LogP) is 1.55. The van der Waals surface area contributed by atoms with E-state index in [0.717, 1.165) is 12.1 Å². The van der Waals surface area contributed by atoms with Gasteiger partial charge in [0.05, 0.1) is 16.8 Å². The number of carbonyl (C=O) groups excluding carboxylic acids is 4. The smallest absolute Gasteiger partial charge is 0.416 e. The van der Waals surface area contributed by atoms with Gasteiger partial charge in [0.2, 0.25) is 11.8 Å². The van der Waals surface area contributed by atoms with Crippen molar-refractivity contribution in [3.05, 3.63) is 53.6 Å². The summed E-state index contributed by atoms with van der Waals surface area (Å²) >= 11 is 0. The molecule has 3 amide bonds. The number of fused-ring (bicyclic) bond motifs is 2. The van der Waals surface area contributed by atoms with Crippen LogP contribution in [0.4, 0.5) is 18.9 Å². The van der Waals surface area contributed by atoms with Crippen LogP contribution in [0.2, 0.25) is 0 Å². The van der Waals surface area contributed by atoms with Crippen molar-refractivity contribution in [2.24, 2.45) is 0 Å². The van der Waals surface area contributed by atoms with Crippen molar-refractivity contribution in [3.63, 3.8) is 0 Å². The van der Waals surface area contributed by atoms with E-state index in [-0.39, 0.29) is 36.2 Å². The fourth-order valence-electron chi connectivity index (χ4n) is 4.18. The maximum atomic E-state index is 13.3. The minimum absolute atomic E-state index is 0.0290. The molecule has 0 saturated carbocycles. The Labute approximate surface area is 191 Å². The van der Waals surface area contributed by atoms with Gasteiger partial charge in [-0.05, 0) is 48.2 Å². The van der Waals surface area contributed by atoms with Gasteiger partial charge >= 0.3 is 6.18 Å². The number of anilines is 1. The third kappa shape index (κ3) is 4.73. The summed E-state index contributed by atoms with van der Waals surface area (Å²) in [4.78, 5) is 49.8. The number of hydrogen-bond donors (Lipinski definition) is 2. The predicted molar refractivity (Wildman–Crippen MR) is 111 cm³/mol. The standard InChI is InChI=1S/C23H20F3N3O5/c24-23(25,26)14-3-1-2-12(8-14)13-4-5-17-16(9-13)22(34)29-11-15(10-18(29)21(33)28-17)27-19(30)6-7-20(31)32/h1-5,8-9,15,18H,6-7,10-11H2,(H,27,30)(H,28,33)(H,31,32)/p-1/t15-,18-/m0/s1. The zero-order chi connectivity index (χ0) is 24.6. The summed E-state index contributed by atoms with van der Waals surface area (Å²) in [6.45, 7) is 0.0290. The third-order valence-electron chi connectivity index (χ3n) is 5.82. The number of alkyl halides is 3. The highest BCUT2D eigenvalue weighted by molar-refractivity contribution is 6.11. The molecule has 11 heteroatoms.